The molecule has 140 valence electrons. The molecule has 2 rings (SSSR count). The highest BCUT2D eigenvalue weighted by atomic mass is 35.5. The fourth-order valence-corrected chi connectivity index (χ4v) is 4.11. The molecule has 0 aliphatic heterocycles. The zero-order chi connectivity index (χ0) is 19.3. The first-order chi connectivity index (χ1) is 12.2. The second-order valence-electron chi connectivity index (χ2n) is 6.20. The number of rotatable bonds is 7. The standard InChI is InChI=1S/C19H23ClN2O3S/c1-14-8-9-15(2)19(12-14)26(24,25)21-10-11-22(16(3)23)13-17-6-4-5-7-18(17)20/h4-9,12,21H,10-11,13H2,1-3H3. The summed E-state index contributed by atoms with van der Waals surface area (Å²) in [4.78, 5) is 13.7. The third-order valence-electron chi connectivity index (χ3n) is 4.07. The van der Waals surface area contributed by atoms with Gasteiger partial charge >= 0.3 is 0 Å². The first kappa shape index (κ1) is 20.4. The van der Waals surface area contributed by atoms with E-state index < -0.39 is 10.0 Å². The maximum Gasteiger partial charge on any atom is 0.240 e. The SMILES string of the molecule is CC(=O)N(CCNS(=O)(=O)c1cc(C)ccc1C)Cc1ccccc1Cl. The molecule has 0 saturated heterocycles. The van der Waals surface area contributed by atoms with Crippen molar-refractivity contribution in [2.24, 2.45) is 0 Å². The molecule has 1 N–H and O–H groups in total. The number of nitrogens with one attached hydrogen (secondary N) is 1. The molecule has 2 aromatic rings. The van der Waals surface area contributed by atoms with E-state index in [9.17, 15) is 13.2 Å². The van der Waals surface area contributed by atoms with Crippen molar-refractivity contribution in [2.45, 2.75) is 32.2 Å². The van der Waals surface area contributed by atoms with E-state index in [1.165, 1.54) is 6.92 Å². The van der Waals surface area contributed by atoms with Gasteiger partial charge in [-0.1, -0.05) is 41.9 Å². The summed E-state index contributed by atoms with van der Waals surface area (Å²) in [5, 5.41) is 0.578. The van der Waals surface area contributed by atoms with Crippen molar-refractivity contribution in [1.29, 1.82) is 0 Å². The van der Waals surface area contributed by atoms with E-state index in [-0.39, 0.29) is 23.9 Å². The zero-order valence-electron chi connectivity index (χ0n) is 15.1. The molecule has 26 heavy (non-hydrogen) atoms. The first-order valence-electron chi connectivity index (χ1n) is 8.26. The molecule has 5 nitrogen and oxygen atoms in total. The van der Waals surface area contributed by atoms with E-state index in [1.54, 1.807) is 30.0 Å². The Morgan fingerprint density at radius 2 is 1.85 bits per heavy atom. The summed E-state index contributed by atoms with van der Waals surface area (Å²) in [5.74, 6) is -0.143. The topological polar surface area (TPSA) is 66.5 Å². The summed E-state index contributed by atoms with van der Waals surface area (Å²) in [6, 6.07) is 12.6. The van der Waals surface area contributed by atoms with Gasteiger partial charge in [0.05, 0.1) is 4.90 Å². The molecule has 1 amide bonds. The number of carbonyl (C=O) groups is 1. The summed E-state index contributed by atoms with van der Waals surface area (Å²) in [5.41, 5.74) is 2.38. The molecule has 0 spiro atoms. The Labute approximate surface area is 160 Å². The number of aryl methyl sites for hydroxylation is 2. The molecular formula is C19H23ClN2O3S. The van der Waals surface area contributed by atoms with Crippen molar-refractivity contribution >= 4 is 27.5 Å². The van der Waals surface area contributed by atoms with Crippen molar-refractivity contribution < 1.29 is 13.2 Å². The molecule has 0 atom stereocenters. The maximum atomic E-state index is 12.5. The molecular weight excluding hydrogens is 372 g/mol. The smallest absolute Gasteiger partial charge is 0.240 e. The van der Waals surface area contributed by atoms with Gasteiger partial charge in [-0.2, -0.15) is 0 Å². The Kier molecular flexibility index (Phi) is 6.81. The van der Waals surface area contributed by atoms with Gasteiger partial charge in [-0.25, -0.2) is 13.1 Å². The number of halogens is 1. The number of amides is 1. The lowest BCUT2D eigenvalue weighted by Crippen LogP contribution is -2.37. The molecule has 0 radical (unpaired) electrons. The fraction of sp³-hybridized carbons (Fsp3) is 0.316. The van der Waals surface area contributed by atoms with Crippen LogP contribution in [0.2, 0.25) is 5.02 Å². The van der Waals surface area contributed by atoms with Gasteiger partial charge in [-0.3, -0.25) is 4.79 Å². The number of benzene rings is 2. The molecule has 0 fully saturated rings. The van der Waals surface area contributed by atoms with Crippen molar-refractivity contribution in [3.05, 3.63) is 64.2 Å². The minimum Gasteiger partial charge on any atom is -0.337 e. The summed E-state index contributed by atoms with van der Waals surface area (Å²) >= 11 is 6.14. The lowest BCUT2D eigenvalue weighted by Gasteiger charge is -2.22. The minimum atomic E-state index is -3.63. The van der Waals surface area contributed by atoms with Crippen molar-refractivity contribution in [3.8, 4) is 0 Å². The third-order valence-corrected chi connectivity index (χ3v) is 6.04. The van der Waals surface area contributed by atoms with Gasteiger partial charge in [0.15, 0.2) is 0 Å². The number of carbonyl (C=O) groups excluding carboxylic acids is 1. The van der Waals surface area contributed by atoms with Crippen LogP contribution in [0.4, 0.5) is 0 Å². The average molecular weight is 395 g/mol. The van der Waals surface area contributed by atoms with Crippen LogP contribution in [0.1, 0.15) is 23.6 Å². The molecule has 0 bridgehead atoms. The van der Waals surface area contributed by atoms with Crippen LogP contribution >= 0.6 is 11.6 Å². The molecule has 0 saturated carbocycles. The summed E-state index contributed by atoms with van der Waals surface area (Å²) in [6.07, 6.45) is 0. The number of sulfonamides is 1. The van der Waals surface area contributed by atoms with Gasteiger partial charge in [0.2, 0.25) is 15.9 Å². The van der Waals surface area contributed by atoms with Crippen LogP contribution < -0.4 is 4.72 Å². The Hall–Kier alpha value is -1.89. The Bertz CT molecular complexity index is 897. The lowest BCUT2D eigenvalue weighted by atomic mass is 10.2. The van der Waals surface area contributed by atoms with Crippen LogP contribution in [-0.4, -0.2) is 32.3 Å². The van der Waals surface area contributed by atoms with E-state index in [0.29, 0.717) is 17.1 Å². The van der Waals surface area contributed by atoms with Gasteiger partial charge in [0.25, 0.3) is 0 Å². The van der Waals surface area contributed by atoms with Crippen LogP contribution in [0.25, 0.3) is 0 Å². The highest BCUT2D eigenvalue weighted by Crippen LogP contribution is 2.18. The second kappa shape index (κ2) is 8.66. The van der Waals surface area contributed by atoms with Gasteiger partial charge in [0, 0.05) is 31.6 Å². The number of hydrogen-bond acceptors (Lipinski definition) is 3. The van der Waals surface area contributed by atoms with Crippen LogP contribution in [0.3, 0.4) is 0 Å². The number of hydrogen-bond donors (Lipinski definition) is 1. The molecule has 0 aliphatic carbocycles. The van der Waals surface area contributed by atoms with Crippen molar-refractivity contribution in [2.75, 3.05) is 13.1 Å². The molecule has 0 aliphatic rings. The normalized spacial score (nSPS) is 11.4. The summed E-state index contributed by atoms with van der Waals surface area (Å²) in [6.45, 7) is 5.77. The highest BCUT2D eigenvalue weighted by molar-refractivity contribution is 7.89. The quantitative estimate of drug-likeness (QED) is 0.783. The largest absolute Gasteiger partial charge is 0.337 e. The van der Waals surface area contributed by atoms with Crippen LogP contribution in [-0.2, 0) is 21.4 Å². The fourth-order valence-electron chi connectivity index (χ4n) is 2.57. The van der Waals surface area contributed by atoms with Crippen molar-refractivity contribution in [1.82, 2.24) is 9.62 Å². The van der Waals surface area contributed by atoms with E-state index in [4.69, 9.17) is 11.6 Å². The Morgan fingerprint density at radius 3 is 2.50 bits per heavy atom. The molecule has 7 heteroatoms. The maximum absolute atomic E-state index is 12.5. The van der Waals surface area contributed by atoms with Crippen LogP contribution in [0, 0.1) is 13.8 Å². The zero-order valence-corrected chi connectivity index (χ0v) is 16.7. The summed E-state index contributed by atoms with van der Waals surface area (Å²) < 4.78 is 27.6. The van der Waals surface area contributed by atoms with E-state index in [2.05, 4.69) is 4.72 Å². The van der Waals surface area contributed by atoms with Gasteiger partial charge in [-0.05, 0) is 42.7 Å². The number of nitrogens with zero attached hydrogens (tertiary/aromatic N) is 1. The minimum absolute atomic E-state index is 0.125. The predicted molar refractivity (Wildman–Crippen MR) is 104 cm³/mol. The molecule has 2 aromatic carbocycles. The third kappa shape index (κ3) is 5.30. The monoisotopic (exact) mass is 394 g/mol. The van der Waals surface area contributed by atoms with Crippen molar-refractivity contribution in [3.63, 3.8) is 0 Å². The van der Waals surface area contributed by atoms with E-state index >= 15 is 0 Å². The van der Waals surface area contributed by atoms with E-state index in [1.807, 2.05) is 31.2 Å². The Morgan fingerprint density at radius 1 is 1.15 bits per heavy atom. The second-order valence-corrected chi connectivity index (χ2v) is 8.34. The van der Waals surface area contributed by atoms with Gasteiger partial charge < -0.3 is 4.90 Å². The van der Waals surface area contributed by atoms with Gasteiger partial charge in [0.1, 0.15) is 0 Å². The molecule has 0 heterocycles. The predicted octanol–water partition coefficient (Wildman–Crippen LogP) is 3.28. The summed E-state index contributed by atoms with van der Waals surface area (Å²) in [7, 11) is -3.63. The lowest BCUT2D eigenvalue weighted by molar-refractivity contribution is -0.129. The van der Waals surface area contributed by atoms with E-state index in [0.717, 1.165) is 11.1 Å². The van der Waals surface area contributed by atoms with Crippen LogP contribution in [0.5, 0.6) is 0 Å². The molecule has 0 unspecified atom stereocenters. The average Bonchev–Trinajstić information content (AvgIpc) is 2.57. The highest BCUT2D eigenvalue weighted by Gasteiger charge is 2.18. The van der Waals surface area contributed by atoms with Gasteiger partial charge in [-0.15, -0.1) is 0 Å². The Balaban J connectivity index is 2.04. The first-order valence-corrected chi connectivity index (χ1v) is 10.1. The van der Waals surface area contributed by atoms with Crippen LogP contribution in [0.15, 0.2) is 47.4 Å². The molecule has 0 aromatic heterocycles.